The first kappa shape index (κ1) is 24.6. The number of nitrogens with one attached hydrogen (secondary N) is 1. The Morgan fingerprint density at radius 3 is 2.36 bits per heavy atom. The molecule has 0 fully saturated rings. The average Bonchev–Trinajstić information content (AvgIpc) is 2.78. The molecule has 1 amide bonds. The second-order valence-electron chi connectivity index (χ2n) is 6.76. The van der Waals surface area contributed by atoms with E-state index in [1.165, 1.54) is 0 Å². The van der Waals surface area contributed by atoms with Gasteiger partial charge in [0.15, 0.2) is 17.0 Å². The first-order valence-corrected chi connectivity index (χ1v) is 9.58. The molecule has 0 aliphatic rings. The molecule has 33 heavy (non-hydrogen) atoms. The van der Waals surface area contributed by atoms with Gasteiger partial charge in [-0.05, 0) is 30.7 Å². The Morgan fingerprint density at radius 2 is 1.79 bits per heavy atom. The van der Waals surface area contributed by atoms with Gasteiger partial charge in [-0.1, -0.05) is 6.92 Å². The third kappa shape index (κ3) is 6.42. The maximum absolute atomic E-state index is 12.2. The third-order valence-corrected chi connectivity index (χ3v) is 4.48. The minimum atomic E-state index is -1.06. The van der Waals surface area contributed by atoms with Crippen LogP contribution < -0.4 is 21.7 Å². The molecule has 0 bridgehead atoms. The number of rotatable bonds is 7. The molecule has 2 aromatic heterocycles. The van der Waals surface area contributed by atoms with Gasteiger partial charge in [-0.3, -0.25) is 4.79 Å². The number of carboxylic acids is 1. The van der Waals surface area contributed by atoms with Crippen molar-refractivity contribution in [1.29, 1.82) is 0 Å². The quantitative estimate of drug-likeness (QED) is 0.378. The molecule has 13 nitrogen and oxygen atoms in total. The molecule has 6 N–H and O–H groups in total. The fourth-order valence-corrected chi connectivity index (χ4v) is 2.84. The van der Waals surface area contributed by atoms with Crippen molar-refractivity contribution < 1.29 is 24.3 Å². The Labute approximate surface area is 187 Å². The summed E-state index contributed by atoms with van der Waals surface area (Å²) in [6.07, 6.45) is 2.14. The highest BCUT2D eigenvalue weighted by molar-refractivity contribution is 5.96. The van der Waals surface area contributed by atoms with Crippen molar-refractivity contribution in [2.24, 2.45) is 0 Å². The number of aliphatic carboxylic acids is 1. The first-order chi connectivity index (χ1) is 15.7. The van der Waals surface area contributed by atoms with Crippen LogP contribution >= 0.6 is 0 Å². The lowest BCUT2D eigenvalue weighted by atomic mass is 10.1. The number of hydrogen-bond donors (Lipinski definition) is 4. The van der Waals surface area contributed by atoms with Crippen molar-refractivity contribution in [3.05, 3.63) is 41.7 Å². The predicted molar refractivity (Wildman–Crippen MR) is 117 cm³/mol. The fraction of sp³-hybridized carbons (Fsp3) is 0.250. The Bertz CT molecular complexity index is 1180. The van der Waals surface area contributed by atoms with Crippen molar-refractivity contribution >= 4 is 46.6 Å². The van der Waals surface area contributed by atoms with Crippen molar-refractivity contribution in [3.63, 3.8) is 0 Å². The van der Waals surface area contributed by atoms with Gasteiger partial charge in [0.1, 0.15) is 6.04 Å². The van der Waals surface area contributed by atoms with Gasteiger partial charge in [0.05, 0.1) is 18.4 Å². The van der Waals surface area contributed by atoms with Crippen LogP contribution in [0.25, 0.3) is 11.2 Å². The monoisotopic (exact) mass is 454 g/mol. The highest BCUT2D eigenvalue weighted by Crippen LogP contribution is 2.18. The fourth-order valence-electron chi connectivity index (χ4n) is 2.84. The van der Waals surface area contributed by atoms with Crippen LogP contribution in [-0.2, 0) is 20.9 Å². The minimum Gasteiger partial charge on any atom is -0.480 e. The summed E-state index contributed by atoms with van der Waals surface area (Å²) in [6.45, 7) is 2.12. The topological polar surface area (TPSA) is 207 Å². The maximum Gasteiger partial charge on any atom is 0.373 e. The zero-order valence-electron chi connectivity index (χ0n) is 17.8. The standard InChI is InChI=1S/C19H22N8O3.CO2/c1-3-13(18(29)30)24-17(28)10-4-6-12(7-5-10)27(2)9-11-8-22-16-14(23-11)15(20)25-19(21)26-16;2-1-3/h4-8,13H,3,9H2,1-2H3,(H,24,28)(H,29,30)(H4,20,21,22,25,26);. The van der Waals surface area contributed by atoms with Crippen LogP contribution in [0.5, 0.6) is 0 Å². The van der Waals surface area contributed by atoms with Gasteiger partial charge < -0.3 is 26.8 Å². The molecule has 13 heteroatoms. The van der Waals surface area contributed by atoms with Gasteiger partial charge >= 0.3 is 12.1 Å². The van der Waals surface area contributed by atoms with E-state index < -0.39 is 17.9 Å². The molecular formula is C20H22N8O5. The summed E-state index contributed by atoms with van der Waals surface area (Å²) in [6, 6.07) is 5.89. The summed E-state index contributed by atoms with van der Waals surface area (Å²) >= 11 is 0. The lowest BCUT2D eigenvalue weighted by Gasteiger charge is -2.19. The largest absolute Gasteiger partial charge is 0.480 e. The molecule has 172 valence electrons. The predicted octanol–water partition coefficient (Wildman–Crippen LogP) is 0.230. The average molecular weight is 454 g/mol. The number of carbonyl (C=O) groups is 2. The van der Waals surface area contributed by atoms with E-state index in [9.17, 15) is 9.59 Å². The van der Waals surface area contributed by atoms with E-state index in [0.717, 1.165) is 5.69 Å². The van der Waals surface area contributed by atoms with E-state index in [4.69, 9.17) is 26.2 Å². The number of amides is 1. The minimum absolute atomic E-state index is 0.0388. The van der Waals surface area contributed by atoms with Gasteiger partial charge in [0.25, 0.3) is 5.91 Å². The van der Waals surface area contributed by atoms with E-state index in [2.05, 4.69) is 25.3 Å². The number of nitrogens with two attached hydrogens (primary N) is 2. The lowest BCUT2D eigenvalue weighted by Crippen LogP contribution is -2.40. The smallest absolute Gasteiger partial charge is 0.373 e. The summed E-state index contributed by atoms with van der Waals surface area (Å²) in [5.41, 5.74) is 14.0. The third-order valence-electron chi connectivity index (χ3n) is 4.48. The zero-order chi connectivity index (χ0) is 24.5. The Hall–Kier alpha value is -4.64. The number of anilines is 3. The Balaban J connectivity index is 0.00000122. The first-order valence-electron chi connectivity index (χ1n) is 9.58. The highest BCUT2D eigenvalue weighted by Gasteiger charge is 2.18. The van der Waals surface area contributed by atoms with E-state index in [0.29, 0.717) is 35.4 Å². The van der Waals surface area contributed by atoms with Gasteiger partial charge in [0, 0.05) is 18.3 Å². The van der Waals surface area contributed by atoms with E-state index in [1.807, 2.05) is 11.9 Å². The number of nitrogen functional groups attached to an aromatic ring is 2. The van der Waals surface area contributed by atoms with Crippen molar-refractivity contribution in [2.45, 2.75) is 25.9 Å². The number of carbonyl (C=O) groups excluding carboxylic acids is 3. The van der Waals surface area contributed by atoms with Crippen LogP contribution in [0.3, 0.4) is 0 Å². The van der Waals surface area contributed by atoms with Crippen LogP contribution in [0, 0.1) is 0 Å². The number of carboxylic acid groups (broad SMARTS) is 1. The van der Waals surface area contributed by atoms with E-state index >= 15 is 0 Å². The normalized spacial score (nSPS) is 11.0. The molecule has 2 heterocycles. The van der Waals surface area contributed by atoms with Crippen LogP contribution in [0.15, 0.2) is 30.5 Å². The number of aromatic nitrogens is 4. The molecule has 0 aliphatic heterocycles. The molecule has 1 aromatic carbocycles. The molecule has 3 aromatic rings. The number of nitrogens with zero attached hydrogens (tertiary/aromatic N) is 5. The SMILES string of the molecule is CCC(NC(=O)c1ccc(N(C)Cc2cnc3nc(N)nc(N)c3n2)cc1)C(=O)O.O=C=O. The molecule has 1 atom stereocenters. The summed E-state index contributed by atoms with van der Waals surface area (Å²) in [7, 11) is 1.86. The molecule has 0 radical (unpaired) electrons. The number of benzene rings is 1. The molecule has 0 aliphatic carbocycles. The second-order valence-corrected chi connectivity index (χ2v) is 6.76. The molecule has 1 unspecified atom stereocenters. The summed E-state index contributed by atoms with van der Waals surface area (Å²) in [5, 5.41) is 11.6. The second kappa shape index (κ2) is 11.1. The number of hydrogen-bond acceptors (Lipinski definition) is 11. The van der Waals surface area contributed by atoms with Crippen LogP contribution in [0.1, 0.15) is 29.4 Å². The Kier molecular flexibility index (Phi) is 8.29. The summed E-state index contributed by atoms with van der Waals surface area (Å²) < 4.78 is 0. The summed E-state index contributed by atoms with van der Waals surface area (Å²) in [4.78, 5) is 58.1. The van der Waals surface area contributed by atoms with Crippen LogP contribution in [0.4, 0.5) is 17.5 Å². The molecule has 3 rings (SSSR count). The van der Waals surface area contributed by atoms with Gasteiger partial charge in [0.2, 0.25) is 5.95 Å². The molecule has 0 saturated heterocycles. The van der Waals surface area contributed by atoms with E-state index in [-0.39, 0.29) is 17.9 Å². The molecular weight excluding hydrogens is 432 g/mol. The van der Waals surface area contributed by atoms with Crippen LogP contribution in [-0.4, -0.2) is 56.2 Å². The van der Waals surface area contributed by atoms with Gasteiger partial charge in [-0.2, -0.15) is 19.6 Å². The highest BCUT2D eigenvalue weighted by atomic mass is 16.4. The van der Waals surface area contributed by atoms with Crippen molar-refractivity contribution in [3.8, 4) is 0 Å². The summed E-state index contributed by atoms with van der Waals surface area (Å²) in [5.74, 6) is -1.30. The van der Waals surface area contributed by atoms with Crippen molar-refractivity contribution in [1.82, 2.24) is 25.3 Å². The Morgan fingerprint density at radius 1 is 1.15 bits per heavy atom. The number of fused-ring (bicyclic) bond motifs is 1. The van der Waals surface area contributed by atoms with Gasteiger partial charge in [-0.15, -0.1) is 0 Å². The lowest BCUT2D eigenvalue weighted by molar-refractivity contribution is -0.191. The zero-order valence-corrected chi connectivity index (χ0v) is 17.8. The molecule has 0 saturated carbocycles. The van der Waals surface area contributed by atoms with Crippen molar-refractivity contribution in [2.75, 3.05) is 23.4 Å². The van der Waals surface area contributed by atoms with E-state index in [1.54, 1.807) is 37.4 Å². The van der Waals surface area contributed by atoms with Gasteiger partial charge in [-0.25, -0.2) is 14.8 Å². The van der Waals surface area contributed by atoms with Crippen LogP contribution in [0.2, 0.25) is 0 Å². The molecule has 0 spiro atoms. The maximum atomic E-state index is 12.2.